The molecule has 1 aliphatic carbocycles. The largest absolute Gasteiger partial charge is 0.508 e. The Morgan fingerprint density at radius 2 is 1.86 bits per heavy atom. The molecule has 1 aromatic carbocycles. The summed E-state index contributed by atoms with van der Waals surface area (Å²) >= 11 is 0. The second-order valence-corrected chi connectivity index (χ2v) is 4.91. The average molecular weight is 309 g/mol. The van der Waals surface area contributed by atoms with Crippen LogP contribution in [0.25, 0.3) is 0 Å². The maximum Gasteiger partial charge on any atom is 0.463 e. The Hall–Kier alpha value is -1.86. The summed E-state index contributed by atoms with van der Waals surface area (Å²) < 4.78 is 63.2. The fraction of sp³-hybridized carbons (Fsp3) is 0.462. The number of hydrogen-bond donors (Lipinski definition) is 1. The van der Waals surface area contributed by atoms with Gasteiger partial charge in [-0.15, -0.1) is 0 Å². The molecule has 1 amide bonds. The number of benzene rings is 1. The van der Waals surface area contributed by atoms with E-state index in [2.05, 4.69) is 0 Å². The monoisotopic (exact) mass is 309 g/mol. The number of halogens is 5. The zero-order valence-electron chi connectivity index (χ0n) is 10.7. The first kappa shape index (κ1) is 15.5. The quantitative estimate of drug-likeness (QED) is 0.868. The van der Waals surface area contributed by atoms with E-state index in [1.54, 1.807) is 0 Å². The van der Waals surface area contributed by atoms with E-state index in [1.807, 2.05) is 0 Å². The van der Waals surface area contributed by atoms with Crippen molar-refractivity contribution < 1.29 is 31.9 Å². The molecule has 0 aromatic heterocycles. The van der Waals surface area contributed by atoms with Crippen molar-refractivity contribution in [2.75, 3.05) is 0 Å². The van der Waals surface area contributed by atoms with Gasteiger partial charge in [-0.3, -0.25) is 4.79 Å². The number of amides is 1. The number of carbonyl (C=O) groups is 1. The summed E-state index contributed by atoms with van der Waals surface area (Å²) in [5.74, 6) is -7.81. The second kappa shape index (κ2) is 5.16. The van der Waals surface area contributed by atoms with Crippen LogP contribution in [-0.2, 0) is 11.3 Å². The summed E-state index contributed by atoms with van der Waals surface area (Å²) in [5, 5.41) is 9.28. The van der Waals surface area contributed by atoms with Crippen LogP contribution in [0.2, 0.25) is 0 Å². The van der Waals surface area contributed by atoms with Crippen LogP contribution in [-0.4, -0.2) is 34.1 Å². The molecule has 1 N–H and O–H groups in total. The molecule has 0 spiro atoms. The van der Waals surface area contributed by atoms with Crippen molar-refractivity contribution in [2.45, 2.75) is 37.5 Å². The van der Waals surface area contributed by atoms with Crippen molar-refractivity contribution in [3.05, 3.63) is 29.8 Å². The van der Waals surface area contributed by atoms with Crippen molar-refractivity contribution in [3.8, 4) is 5.75 Å². The first-order chi connectivity index (χ1) is 9.63. The first-order valence-corrected chi connectivity index (χ1v) is 6.16. The molecule has 0 bridgehead atoms. The average Bonchev–Trinajstić information content (AvgIpc) is 3.18. The number of aromatic hydroxyl groups is 1. The van der Waals surface area contributed by atoms with Gasteiger partial charge < -0.3 is 10.0 Å². The van der Waals surface area contributed by atoms with E-state index >= 15 is 0 Å². The maximum atomic E-state index is 13.2. The zero-order chi connectivity index (χ0) is 15.8. The van der Waals surface area contributed by atoms with Gasteiger partial charge in [0.15, 0.2) is 0 Å². The van der Waals surface area contributed by atoms with E-state index in [4.69, 9.17) is 0 Å². The highest BCUT2D eigenvalue weighted by Crippen LogP contribution is 2.40. The minimum Gasteiger partial charge on any atom is -0.508 e. The molecule has 0 atom stereocenters. The number of hydrogen-bond acceptors (Lipinski definition) is 2. The van der Waals surface area contributed by atoms with Gasteiger partial charge in [-0.2, -0.15) is 22.0 Å². The Bertz CT molecular complexity index is 540. The van der Waals surface area contributed by atoms with Crippen LogP contribution in [0.15, 0.2) is 24.3 Å². The van der Waals surface area contributed by atoms with Gasteiger partial charge in [-0.05, 0) is 30.5 Å². The lowest BCUT2D eigenvalue weighted by Crippen LogP contribution is -2.52. The molecule has 1 saturated carbocycles. The fourth-order valence-corrected chi connectivity index (χ4v) is 1.91. The molecule has 0 saturated heterocycles. The van der Waals surface area contributed by atoms with Gasteiger partial charge in [0.2, 0.25) is 0 Å². The van der Waals surface area contributed by atoms with Crippen molar-refractivity contribution >= 4 is 5.91 Å². The van der Waals surface area contributed by atoms with Gasteiger partial charge in [0.1, 0.15) is 5.75 Å². The summed E-state index contributed by atoms with van der Waals surface area (Å²) in [7, 11) is 0. The van der Waals surface area contributed by atoms with E-state index < -0.39 is 30.6 Å². The Balaban J connectivity index is 2.22. The van der Waals surface area contributed by atoms with Crippen LogP contribution in [0.4, 0.5) is 22.0 Å². The third kappa shape index (κ3) is 3.25. The molecule has 1 aromatic rings. The van der Waals surface area contributed by atoms with Crippen LogP contribution in [0.1, 0.15) is 18.4 Å². The lowest BCUT2D eigenvalue weighted by Gasteiger charge is -2.28. The molecule has 0 unspecified atom stereocenters. The van der Waals surface area contributed by atoms with Crippen molar-refractivity contribution in [1.82, 2.24) is 4.90 Å². The van der Waals surface area contributed by atoms with Crippen LogP contribution < -0.4 is 0 Å². The Labute approximate surface area is 117 Å². The van der Waals surface area contributed by atoms with Crippen molar-refractivity contribution in [1.29, 1.82) is 0 Å². The van der Waals surface area contributed by atoms with E-state index in [0.717, 1.165) is 0 Å². The van der Waals surface area contributed by atoms with Crippen molar-refractivity contribution in [3.63, 3.8) is 0 Å². The SMILES string of the molecule is O=C(N(Cc1cccc(O)c1)C1CC1)C(F)(F)C(F)(F)F. The Morgan fingerprint density at radius 1 is 1.24 bits per heavy atom. The lowest BCUT2D eigenvalue weighted by molar-refractivity contribution is -0.275. The van der Waals surface area contributed by atoms with Gasteiger partial charge in [0.25, 0.3) is 0 Å². The van der Waals surface area contributed by atoms with E-state index in [0.29, 0.717) is 17.7 Å². The third-order valence-corrected chi connectivity index (χ3v) is 3.14. The van der Waals surface area contributed by atoms with E-state index in [-0.39, 0.29) is 11.3 Å². The number of alkyl halides is 5. The van der Waals surface area contributed by atoms with Gasteiger partial charge in [-0.25, -0.2) is 0 Å². The van der Waals surface area contributed by atoms with E-state index in [9.17, 15) is 31.9 Å². The Kier molecular flexibility index (Phi) is 3.81. The van der Waals surface area contributed by atoms with Crippen LogP contribution >= 0.6 is 0 Å². The highest BCUT2D eigenvalue weighted by molar-refractivity contribution is 5.85. The summed E-state index contributed by atoms with van der Waals surface area (Å²) in [4.78, 5) is 12.1. The molecule has 1 fully saturated rings. The smallest absolute Gasteiger partial charge is 0.463 e. The summed E-state index contributed by atoms with van der Waals surface area (Å²) in [6, 6.07) is 4.79. The highest BCUT2D eigenvalue weighted by Gasteiger charge is 2.65. The Morgan fingerprint density at radius 3 is 2.33 bits per heavy atom. The van der Waals surface area contributed by atoms with Crippen LogP contribution in [0, 0.1) is 0 Å². The normalized spacial score (nSPS) is 15.9. The fourth-order valence-electron chi connectivity index (χ4n) is 1.91. The minimum atomic E-state index is -5.92. The first-order valence-electron chi connectivity index (χ1n) is 6.16. The van der Waals surface area contributed by atoms with Crippen LogP contribution in [0.3, 0.4) is 0 Å². The van der Waals surface area contributed by atoms with Gasteiger partial charge >= 0.3 is 18.0 Å². The number of rotatable bonds is 4. The predicted octanol–water partition coefficient (Wildman–Crippen LogP) is 3.08. The molecular weight excluding hydrogens is 297 g/mol. The molecule has 21 heavy (non-hydrogen) atoms. The number of phenols is 1. The number of carbonyl (C=O) groups excluding carboxylic acids is 1. The standard InChI is InChI=1S/C13H12F5NO2/c14-12(15,13(16,17)18)11(21)19(9-4-5-9)7-8-2-1-3-10(20)6-8/h1-3,6,9,20H,4-5,7H2. The number of nitrogens with zero attached hydrogens (tertiary/aromatic N) is 1. The van der Waals surface area contributed by atoms with Gasteiger partial charge in [-0.1, -0.05) is 12.1 Å². The molecule has 0 radical (unpaired) electrons. The summed E-state index contributed by atoms with van der Waals surface area (Å²) in [6.45, 7) is -0.399. The van der Waals surface area contributed by atoms with E-state index in [1.165, 1.54) is 24.3 Å². The minimum absolute atomic E-state index is 0.154. The van der Waals surface area contributed by atoms with Crippen molar-refractivity contribution in [2.24, 2.45) is 0 Å². The summed E-state index contributed by atoms with van der Waals surface area (Å²) in [6.07, 6.45) is -5.15. The highest BCUT2D eigenvalue weighted by atomic mass is 19.4. The molecule has 0 aliphatic heterocycles. The third-order valence-electron chi connectivity index (χ3n) is 3.14. The molecule has 1 aliphatic rings. The molecule has 0 heterocycles. The second-order valence-electron chi connectivity index (χ2n) is 4.91. The maximum absolute atomic E-state index is 13.2. The van der Waals surface area contributed by atoms with Crippen LogP contribution in [0.5, 0.6) is 5.75 Å². The molecule has 3 nitrogen and oxygen atoms in total. The molecule has 2 rings (SSSR count). The topological polar surface area (TPSA) is 40.5 Å². The predicted molar refractivity (Wildman–Crippen MR) is 62.7 cm³/mol. The van der Waals surface area contributed by atoms with Gasteiger partial charge in [0, 0.05) is 12.6 Å². The molecule has 8 heteroatoms. The zero-order valence-corrected chi connectivity index (χ0v) is 10.7. The molecule has 116 valence electrons. The number of phenolic OH excluding ortho intramolecular Hbond substituents is 1. The molecular formula is C13H12F5NO2. The summed E-state index contributed by atoms with van der Waals surface area (Å²) in [5.41, 5.74) is 0.285. The van der Waals surface area contributed by atoms with Gasteiger partial charge in [0.05, 0.1) is 0 Å². The lowest BCUT2D eigenvalue weighted by atomic mass is 10.1.